The van der Waals surface area contributed by atoms with E-state index in [-0.39, 0.29) is 12.4 Å². The maximum atomic E-state index is 10.7. The lowest BCUT2D eigenvalue weighted by Crippen LogP contribution is -2.01. The first-order chi connectivity index (χ1) is 8.16. The Morgan fingerprint density at radius 2 is 1.53 bits per heavy atom. The number of unbranched alkanes of at least 4 members (excludes halogenated alkanes) is 6. The molecule has 0 aromatic rings. The quantitative estimate of drug-likeness (QED) is 0.344. The van der Waals surface area contributed by atoms with Crippen molar-refractivity contribution in [3.8, 4) is 0 Å². The molecule has 0 amide bonds. The van der Waals surface area contributed by atoms with E-state index in [9.17, 15) is 9.59 Å². The Morgan fingerprint density at radius 3 is 2.06 bits per heavy atom. The minimum absolute atomic E-state index is 0.275. The van der Waals surface area contributed by atoms with Crippen molar-refractivity contribution in [2.24, 2.45) is 0 Å². The number of hydrogen-bond donors (Lipinski definition) is 1. The molecule has 0 radical (unpaired) electrons. The average Bonchev–Trinajstić information content (AvgIpc) is 2.30. The maximum Gasteiger partial charge on any atom is 0.330 e. The number of ether oxygens (including phenoxy) is 1. The zero-order valence-electron chi connectivity index (χ0n) is 10.3. The topological polar surface area (TPSA) is 63.6 Å². The van der Waals surface area contributed by atoms with E-state index in [1.165, 1.54) is 6.08 Å². The van der Waals surface area contributed by atoms with E-state index in [1.54, 1.807) is 0 Å². The van der Waals surface area contributed by atoms with Gasteiger partial charge in [0.1, 0.15) is 0 Å². The van der Waals surface area contributed by atoms with Gasteiger partial charge in [-0.1, -0.05) is 38.7 Å². The Balaban J connectivity index is 3.06. The monoisotopic (exact) mass is 242 g/mol. The van der Waals surface area contributed by atoms with Gasteiger partial charge >= 0.3 is 11.9 Å². The van der Waals surface area contributed by atoms with Crippen molar-refractivity contribution in [3.63, 3.8) is 0 Å². The molecule has 4 nitrogen and oxygen atoms in total. The largest absolute Gasteiger partial charge is 0.481 e. The number of esters is 1. The summed E-state index contributed by atoms with van der Waals surface area (Å²) in [6, 6.07) is 0. The Kier molecular flexibility index (Phi) is 10.3. The molecule has 98 valence electrons. The highest BCUT2D eigenvalue weighted by atomic mass is 16.5. The molecule has 0 fully saturated rings. The van der Waals surface area contributed by atoms with E-state index in [1.807, 2.05) is 0 Å². The lowest BCUT2D eigenvalue weighted by atomic mass is 10.1. The van der Waals surface area contributed by atoms with E-state index in [2.05, 4.69) is 6.58 Å². The van der Waals surface area contributed by atoms with E-state index in [0.717, 1.165) is 44.9 Å². The summed E-state index contributed by atoms with van der Waals surface area (Å²) in [5.74, 6) is -1.08. The van der Waals surface area contributed by atoms with Gasteiger partial charge in [0, 0.05) is 12.5 Å². The lowest BCUT2D eigenvalue weighted by Gasteiger charge is -2.02. The van der Waals surface area contributed by atoms with Crippen molar-refractivity contribution >= 4 is 11.9 Å². The van der Waals surface area contributed by atoms with Gasteiger partial charge in [-0.25, -0.2) is 4.79 Å². The molecule has 4 heteroatoms. The third kappa shape index (κ3) is 12.6. The van der Waals surface area contributed by atoms with Gasteiger partial charge in [0.25, 0.3) is 0 Å². The normalized spacial score (nSPS) is 9.88. The van der Waals surface area contributed by atoms with Crippen molar-refractivity contribution in [2.45, 2.75) is 51.4 Å². The second kappa shape index (κ2) is 11.2. The SMILES string of the molecule is C=CC(=O)OCCCCCCCCCC(=O)O. The molecular formula is C13H22O4. The van der Waals surface area contributed by atoms with Crippen LogP contribution in [0.5, 0.6) is 0 Å². The van der Waals surface area contributed by atoms with Crippen LogP contribution in [-0.2, 0) is 14.3 Å². The summed E-state index contributed by atoms with van der Waals surface area (Å²) in [5.41, 5.74) is 0. The highest BCUT2D eigenvalue weighted by Crippen LogP contribution is 2.08. The first-order valence-electron chi connectivity index (χ1n) is 6.18. The smallest absolute Gasteiger partial charge is 0.330 e. The molecule has 0 rings (SSSR count). The fourth-order valence-corrected chi connectivity index (χ4v) is 1.49. The minimum atomic E-state index is -0.714. The number of aliphatic carboxylic acids is 1. The van der Waals surface area contributed by atoms with Crippen molar-refractivity contribution in [1.29, 1.82) is 0 Å². The predicted molar refractivity (Wildman–Crippen MR) is 65.7 cm³/mol. The molecule has 0 unspecified atom stereocenters. The summed E-state index contributed by atoms with van der Waals surface area (Å²) in [5, 5.41) is 8.43. The van der Waals surface area contributed by atoms with E-state index in [4.69, 9.17) is 9.84 Å². The molecule has 0 aromatic carbocycles. The molecule has 0 bridgehead atoms. The van der Waals surface area contributed by atoms with Gasteiger partial charge in [0.15, 0.2) is 0 Å². The molecule has 0 atom stereocenters. The molecule has 0 aliphatic carbocycles. The summed E-state index contributed by atoms with van der Waals surface area (Å²) in [6.45, 7) is 3.78. The van der Waals surface area contributed by atoms with Crippen molar-refractivity contribution in [2.75, 3.05) is 6.61 Å². The molecule has 0 aliphatic rings. The molecule has 0 saturated carbocycles. The average molecular weight is 242 g/mol. The molecule has 0 aromatic heterocycles. The minimum Gasteiger partial charge on any atom is -0.481 e. The van der Waals surface area contributed by atoms with E-state index >= 15 is 0 Å². The Hall–Kier alpha value is -1.32. The number of carboxylic acid groups (broad SMARTS) is 1. The number of rotatable bonds is 11. The van der Waals surface area contributed by atoms with Crippen LogP contribution in [0.3, 0.4) is 0 Å². The van der Waals surface area contributed by atoms with Crippen LogP contribution in [0.4, 0.5) is 0 Å². The fraction of sp³-hybridized carbons (Fsp3) is 0.692. The highest BCUT2D eigenvalue weighted by Gasteiger charge is 1.97. The molecule has 0 spiro atoms. The van der Waals surface area contributed by atoms with Gasteiger partial charge in [0.05, 0.1) is 6.61 Å². The molecule has 0 heterocycles. The second-order valence-electron chi connectivity index (χ2n) is 3.99. The summed E-state index contributed by atoms with van der Waals surface area (Å²) in [4.78, 5) is 20.9. The first kappa shape index (κ1) is 15.7. The van der Waals surface area contributed by atoms with E-state index < -0.39 is 5.97 Å². The third-order valence-corrected chi connectivity index (χ3v) is 2.45. The van der Waals surface area contributed by atoms with Crippen molar-refractivity contribution in [1.82, 2.24) is 0 Å². The summed E-state index contributed by atoms with van der Waals surface area (Å²) in [7, 11) is 0. The van der Waals surface area contributed by atoms with Crippen LogP contribution in [0.25, 0.3) is 0 Å². The van der Waals surface area contributed by atoms with Gasteiger partial charge in [-0.3, -0.25) is 4.79 Å². The van der Waals surface area contributed by atoms with Gasteiger partial charge in [-0.2, -0.15) is 0 Å². The van der Waals surface area contributed by atoms with Crippen LogP contribution in [-0.4, -0.2) is 23.7 Å². The zero-order valence-corrected chi connectivity index (χ0v) is 10.3. The Morgan fingerprint density at radius 1 is 1.00 bits per heavy atom. The van der Waals surface area contributed by atoms with Gasteiger partial charge < -0.3 is 9.84 Å². The number of carbonyl (C=O) groups excluding carboxylic acids is 1. The van der Waals surface area contributed by atoms with Gasteiger partial charge in [-0.05, 0) is 12.8 Å². The first-order valence-corrected chi connectivity index (χ1v) is 6.18. The summed E-state index contributed by atoms with van der Waals surface area (Å²) < 4.78 is 4.84. The molecule has 1 N–H and O–H groups in total. The number of carboxylic acids is 1. The Labute approximate surface area is 103 Å². The fourth-order valence-electron chi connectivity index (χ4n) is 1.49. The zero-order chi connectivity index (χ0) is 12.9. The molecule has 0 aliphatic heterocycles. The molecular weight excluding hydrogens is 220 g/mol. The lowest BCUT2D eigenvalue weighted by molar-refractivity contribution is -0.138. The van der Waals surface area contributed by atoms with Crippen LogP contribution in [0, 0.1) is 0 Å². The maximum absolute atomic E-state index is 10.7. The summed E-state index contributed by atoms with van der Waals surface area (Å²) in [6.07, 6.45) is 8.44. The number of carbonyl (C=O) groups is 2. The van der Waals surface area contributed by atoms with Crippen LogP contribution < -0.4 is 0 Å². The highest BCUT2D eigenvalue weighted by molar-refractivity contribution is 5.81. The van der Waals surface area contributed by atoms with Crippen LogP contribution in [0.15, 0.2) is 12.7 Å². The summed E-state index contributed by atoms with van der Waals surface area (Å²) >= 11 is 0. The molecule has 17 heavy (non-hydrogen) atoms. The van der Waals surface area contributed by atoms with Gasteiger partial charge in [-0.15, -0.1) is 0 Å². The van der Waals surface area contributed by atoms with Crippen LogP contribution >= 0.6 is 0 Å². The predicted octanol–water partition coefficient (Wildman–Crippen LogP) is 2.92. The standard InChI is InChI=1S/C13H22O4/c1-2-13(16)17-11-9-7-5-3-4-6-8-10-12(14)15/h2H,1,3-11H2,(H,14,15). The molecule has 0 saturated heterocycles. The second-order valence-corrected chi connectivity index (χ2v) is 3.99. The Bertz CT molecular complexity index is 236. The van der Waals surface area contributed by atoms with Crippen LogP contribution in [0.1, 0.15) is 51.4 Å². The number of hydrogen-bond acceptors (Lipinski definition) is 3. The van der Waals surface area contributed by atoms with Crippen molar-refractivity contribution < 1.29 is 19.4 Å². The van der Waals surface area contributed by atoms with Gasteiger partial charge in [0.2, 0.25) is 0 Å². The third-order valence-electron chi connectivity index (χ3n) is 2.45. The van der Waals surface area contributed by atoms with Crippen molar-refractivity contribution in [3.05, 3.63) is 12.7 Å². The van der Waals surface area contributed by atoms with E-state index in [0.29, 0.717) is 6.61 Å². The van der Waals surface area contributed by atoms with Crippen LogP contribution in [0.2, 0.25) is 0 Å².